The summed E-state index contributed by atoms with van der Waals surface area (Å²) in [6, 6.07) is 6.96. The van der Waals surface area contributed by atoms with Crippen molar-refractivity contribution < 1.29 is 17.6 Å². The fourth-order valence-electron chi connectivity index (χ4n) is 4.67. The SMILES string of the molecule is CCC(C)S(=O)(=O)c1cc(CN)nc(N2C3CCC2CN(C(=O)c2ccc(F)cc2Cl)C3)c1. The van der Waals surface area contributed by atoms with Gasteiger partial charge < -0.3 is 15.5 Å². The Morgan fingerprint density at radius 2 is 1.91 bits per heavy atom. The van der Waals surface area contributed by atoms with Crippen molar-refractivity contribution >= 4 is 33.2 Å². The van der Waals surface area contributed by atoms with E-state index in [1.807, 2.05) is 6.92 Å². The van der Waals surface area contributed by atoms with E-state index in [4.69, 9.17) is 17.3 Å². The minimum Gasteiger partial charge on any atom is -0.347 e. The summed E-state index contributed by atoms with van der Waals surface area (Å²) in [7, 11) is -3.50. The van der Waals surface area contributed by atoms with Gasteiger partial charge in [0.1, 0.15) is 11.6 Å². The maximum absolute atomic E-state index is 13.4. The molecule has 2 bridgehead atoms. The number of hydrogen-bond acceptors (Lipinski definition) is 6. The van der Waals surface area contributed by atoms with E-state index in [2.05, 4.69) is 9.88 Å². The lowest BCUT2D eigenvalue weighted by molar-refractivity contribution is 0.0717. The van der Waals surface area contributed by atoms with Crippen molar-refractivity contribution in [3.63, 3.8) is 0 Å². The summed E-state index contributed by atoms with van der Waals surface area (Å²) in [6.45, 7) is 4.58. The smallest absolute Gasteiger partial charge is 0.255 e. The molecule has 3 heterocycles. The summed E-state index contributed by atoms with van der Waals surface area (Å²) in [5.41, 5.74) is 6.63. The van der Waals surface area contributed by atoms with E-state index < -0.39 is 20.9 Å². The van der Waals surface area contributed by atoms with Crippen LogP contribution in [0.5, 0.6) is 0 Å². The summed E-state index contributed by atoms with van der Waals surface area (Å²) in [5, 5.41) is -0.419. The van der Waals surface area contributed by atoms with Gasteiger partial charge in [0.2, 0.25) is 0 Å². The second kappa shape index (κ2) is 9.19. The molecular formula is C23H28ClFN4O3S. The number of carbonyl (C=O) groups is 1. The van der Waals surface area contributed by atoms with Gasteiger partial charge in [0.25, 0.3) is 5.91 Å². The first-order valence-corrected chi connectivity index (χ1v) is 13.1. The van der Waals surface area contributed by atoms with Crippen LogP contribution in [0.2, 0.25) is 5.02 Å². The summed E-state index contributed by atoms with van der Waals surface area (Å²) < 4.78 is 39.4. The lowest BCUT2D eigenvalue weighted by Gasteiger charge is -2.42. The molecular weight excluding hydrogens is 467 g/mol. The normalized spacial score (nSPS) is 21.4. The summed E-state index contributed by atoms with van der Waals surface area (Å²) in [5.74, 6) is -0.144. The molecule has 178 valence electrons. The number of fused-ring (bicyclic) bond motifs is 2. The second-order valence-corrected chi connectivity index (χ2v) is 11.5. The fraction of sp³-hybridized carbons (Fsp3) is 0.478. The molecule has 1 aromatic carbocycles. The molecule has 2 fully saturated rings. The Morgan fingerprint density at radius 1 is 1.24 bits per heavy atom. The molecule has 1 aromatic heterocycles. The third kappa shape index (κ3) is 4.46. The number of amides is 1. The number of hydrogen-bond donors (Lipinski definition) is 1. The van der Waals surface area contributed by atoms with Crippen molar-refractivity contribution in [2.24, 2.45) is 5.73 Å². The molecule has 0 aliphatic carbocycles. The number of anilines is 1. The van der Waals surface area contributed by atoms with Crippen molar-refractivity contribution in [2.75, 3.05) is 18.0 Å². The third-order valence-electron chi connectivity index (χ3n) is 6.68. The van der Waals surface area contributed by atoms with Crippen LogP contribution in [-0.4, -0.2) is 54.6 Å². The second-order valence-electron chi connectivity index (χ2n) is 8.75. The summed E-state index contributed by atoms with van der Waals surface area (Å²) in [6.07, 6.45) is 2.22. The van der Waals surface area contributed by atoms with E-state index in [-0.39, 0.29) is 40.0 Å². The zero-order valence-corrected chi connectivity index (χ0v) is 20.2. The monoisotopic (exact) mass is 494 g/mol. The third-order valence-corrected chi connectivity index (χ3v) is 9.27. The van der Waals surface area contributed by atoms with Gasteiger partial charge in [-0.15, -0.1) is 0 Å². The Bertz CT molecular complexity index is 1160. The molecule has 7 nitrogen and oxygen atoms in total. The number of halogens is 2. The highest BCUT2D eigenvalue weighted by atomic mass is 35.5. The number of aromatic nitrogens is 1. The zero-order valence-electron chi connectivity index (χ0n) is 18.7. The molecule has 4 rings (SSSR count). The maximum atomic E-state index is 13.4. The molecule has 2 aromatic rings. The molecule has 0 spiro atoms. The minimum atomic E-state index is -3.50. The Balaban J connectivity index is 1.62. The number of piperazine rings is 1. The van der Waals surface area contributed by atoms with Crippen molar-refractivity contribution in [2.45, 2.75) is 61.9 Å². The van der Waals surface area contributed by atoms with Crippen LogP contribution in [0, 0.1) is 5.82 Å². The zero-order chi connectivity index (χ0) is 23.9. The van der Waals surface area contributed by atoms with Gasteiger partial charge in [-0.3, -0.25) is 4.79 Å². The molecule has 2 aliphatic heterocycles. The summed E-state index contributed by atoms with van der Waals surface area (Å²) in [4.78, 5) is 21.8. The van der Waals surface area contributed by atoms with Gasteiger partial charge in [0.15, 0.2) is 9.84 Å². The topological polar surface area (TPSA) is 96.6 Å². The number of nitrogens with zero attached hydrogens (tertiary/aromatic N) is 3. The number of sulfone groups is 1. The summed E-state index contributed by atoms with van der Waals surface area (Å²) >= 11 is 6.11. The van der Waals surface area contributed by atoms with Crippen LogP contribution >= 0.6 is 11.6 Å². The van der Waals surface area contributed by atoms with E-state index in [1.165, 1.54) is 12.1 Å². The number of likely N-dealkylation sites (tertiary alicyclic amines) is 1. The van der Waals surface area contributed by atoms with Crippen LogP contribution in [0.4, 0.5) is 10.2 Å². The van der Waals surface area contributed by atoms with Crippen LogP contribution in [0.25, 0.3) is 0 Å². The Morgan fingerprint density at radius 3 is 2.48 bits per heavy atom. The molecule has 10 heteroatoms. The minimum absolute atomic E-state index is 0.00778. The van der Waals surface area contributed by atoms with E-state index >= 15 is 0 Å². The number of nitrogens with two attached hydrogens (primary N) is 1. The number of benzene rings is 1. The lowest BCUT2D eigenvalue weighted by Crippen LogP contribution is -2.55. The average molecular weight is 495 g/mol. The quantitative estimate of drug-likeness (QED) is 0.661. The molecule has 2 saturated heterocycles. The number of carbonyl (C=O) groups excluding carboxylic acids is 1. The highest BCUT2D eigenvalue weighted by molar-refractivity contribution is 7.92. The molecule has 0 radical (unpaired) electrons. The molecule has 2 N–H and O–H groups in total. The maximum Gasteiger partial charge on any atom is 0.255 e. The van der Waals surface area contributed by atoms with Crippen molar-refractivity contribution in [3.05, 3.63) is 52.4 Å². The highest BCUT2D eigenvalue weighted by Gasteiger charge is 2.43. The molecule has 2 aliphatic rings. The predicted octanol–water partition coefficient (Wildman–Crippen LogP) is 3.40. The Hall–Kier alpha value is -2.23. The van der Waals surface area contributed by atoms with Gasteiger partial charge in [-0.1, -0.05) is 18.5 Å². The van der Waals surface area contributed by atoms with E-state index in [1.54, 1.807) is 24.0 Å². The van der Waals surface area contributed by atoms with Gasteiger partial charge in [-0.25, -0.2) is 17.8 Å². The van der Waals surface area contributed by atoms with Gasteiger partial charge in [0.05, 0.1) is 26.4 Å². The van der Waals surface area contributed by atoms with Crippen LogP contribution in [0.1, 0.15) is 49.2 Å². The van der Waals surface area contributed by atoms with Gasteiger partial charge in [0, 0.05) is 31.7 Å². The van der Waals surface area contributed by atoms with Gasteiger partial charge in [-0.2, -0.15) is 0 Å². The number of rotatable bonds is 6. The fourth-order valence-corrected chi connectivity index (χ4v) is 6.40. The molecule has 0 saturated carbocycles. The van der Waals surface area contributed by atoms with Gasteiger partial charge >= 0.3 is 0 Å². The largest absolute Gasteiger partial charge is 0.347 e. The molecule has 3 unspecified atom stereocenters. The van der Waals surface area contributed by atoms with Crippen LogP contribution in [0.15, 0.2) is 35.2 Å². The molecule has 33 heavy (non-hydrogen) atoms. The number of pyridine rings is 1. The highest BCUT2D eigenvalue weighted by Crippen LogP contribution is 2.36. The van der Waals surface area contributed by atoms with Gasteiger partial charge in [-0.05, 0) is 56.5 Å². The van der Waals surface area contributed by atoms with E-state index in [0.29, 0.717) is 31.0 Å². The molecule has 3 atom stereocenters. The Labute approximate surface area is 198 Å². The lowest BCUT2D eigenvalue weighted by atomic mass is 10.1. The first-order chi connectivity index (χ1) is 15.6. The van der Waals surface area contributed by atoms with Crippen LogP contribution in [-0.2, 0) is 16.4 Å². The predicted molar refractivity (Wildman–Crippen MR) is 126 cm³/mol. The average Bonchev–Trinajstić information content (AvgIpc) is 3.06. The standard InChI is InChI=1S/C23H28ClFN4O3S/c1-3-14(2)33(31,32)19-9-16(11-26)27-22(10-19)29-17-5-6-18(29)13-28(12-17)23(30)20-7-4-15(25)8-21(20)24/h4,7-10,14,17-18H,3,5-6,11-13,26H2,1-2H3. The first kappa shape index (κ1) is 23.9. The Kier molecular flexibility index (Phi) is 6.66. The van der Waals surface area contributed by atoms with Crippen molar-refractivity contribution in [1.29, 1.82) is 0 Å². The van der Waals surface area contributed by atoms with Crippen LogP contribution in [0.3, 0.4) is 0 Å². The van der Waals surface area contributed by atoms with Crippen LogP contribution < -0.4 is 10.6 Å². The molecule has 1 amide bonds. The van der Waals surface area contributed by atoms with E-state index in [9.17, 15) is 17.6 Å². The van der Waals surface area contributed by atoms with Crippen molar-refractivity contribution in [3.8, 4) is 0 Å². The first-order valence-electron chi connectivity index (χ1n) is 11.1. The van der Waals surface area contributed by atoms with E-state index in [0.717, 1.165) is 18.9 Å². The van der Waals surface area contributed by atoms with Crippen molar-refractivity contribution in [1.82, 2.24) is 9.88 Å².